The maximum absolute atomic E-state index is 13.1. The van der Waals surface area contributed by atoms with Crippen LogP contribution >= 0.6 is 11.6 Å². The number of aromatic amines is 2. The fourth-order valence-corrected chi connectivity index (χ4v) is 3.56. The molecule has 1 aliphatic heterocycles. The SMILES string of the molecule is Cc1cc(C(=O)N2CCCC(c3n[nH]c(=O)[nH]3)C2)nc(-c2ccc(Cl)cc2)n1. The Bertz CT molecular complexity index is 1060. The number of nitrogens with one attached hydrogen (secondary N) is 2. The highest BCUT2D eigenvalue weighted by atomic mass is 35.5. The summed E-state index contributed by atoms with van der Waals surface area (Å²) in [7, 11) is 0. The zero-order valence-electron chi connectivity index (χ0n) is 15.3. The average Bonchev–Trinajstić information content (AvgIpc) is 3.14. The summed E-state index contributed by atoms with van der Waals surface area (Å²) in [6, 6.07) is 8.89. The first-order chi connectivity index (χ1) is 13.5. The minimum absolute atomic E-state index is 0.00433. The Kier molecular flexibility index (Phi) is 4.95. The molecule has 144 valence electrons. The molecule has 1 unspecified atom stereocenters. The number of nitrogens with zero attached hydrogens (tertiary/aromatic N) is 4. The van der Waals surface area contributed by atoms with Crippen molar-refractivity contribution in [3.8, 4) is 11.4 Å². The molecule has 4 rings (SSSR count). The Morgan fingerprint density at radius 2 is 2.04 bits per heavy atom. The van der Waals surface area contributed by atoms with Gasteiger partial charge < -0.3 is 4.90 Å². The van der Waals surface area contributed by atoms with Gasteiger partial charge in [0.05, 0.1) is 0 Å². The van der Waals surface area contributed by atoms with E-state index in [9.17, 15) is 9.59 Å². The lowest BCUT2D eigenvalue weighted by atomic mass is 9.97. The third-order valence-electron chi connectivity index (χ3n) is 4.79. The molecule has 1 saturated heterocycles. The first-order valence-electron chi connectivity index (χ1n) is 9.05. The number of amides is 1. The molecule has 3 heterocycles. The largest absolute Gasteiger partial charge is 0.340 e. The van der Waals surface area contributed by atoms with E-state index in [1.165, 1.54) is 0 Å². The summed E-state index contributed by atoms with van der Waals surface area (Å²) < 4.78 is 0. The third-order valence-corrected chi connectivity index (χ3v) is 5.04. The molecule has 1 aliphatic rings. The van der Waals surface area contributed by atoms with Crippen LogP contribution in [0.5, 0.6) is 0 Å². The van der Waals surface area contributed by atoms with Crippen LogP contribution in [0.4, 0.5) is 0 Å². The Balaban J connectivity index is 1.58. The van der Waals surface area contributed by atoms with Crippen LogP contribution in [-0.2, 0) is 0 Å². The third kappa shape index (κ3) is 3.82. The van der Waals surface area contributed by atoms with Gasteiger partial charge in [-0.1, -0.05) is 11.6 Å². The molecule has 0 saturated carbocycles. The van der Waals surface area contributed by atoms with Crippen molar-refractivity contribution < 1.29 is 4.79 Å². The van der Waals surface area contributed by atoms with Crippen molar-refractivity contribution in [1.82, 2.24) is 30.0 Å². The van der Waals surface area contributed by atoms with Crippen molar-refractivity contribution in [2.24, 2.45) is 0 Å². The van der Waals surface area contributed by atoms with Crippen LogP contribution in [0.15, 0.2) is 35.1 Å². The number of benzene rings is 1. The normalized spacial score (nSPS) is 16.9. The van der Waals surface area contributed by atoms with Crippen LogP contribution in [0.25, 0.3) is 11.4 Å². The molecule has 0 radical (unpaired) electrons. The summed E-state index contributed by atoms with van der Waals surface area (Å²) >= 11 is 5.95. The maximum Gasteiger partial charge on any atom is 0.340 e. The fourth-order valence-electron chi connectivity index (χ4n) is 3.43. The van der Waals surface area contributed by atoms with Crippen molar-refractivity contribution in [1.29, 1.82) is 0 Å². The van der Waals surface area contributed by atoms with E-state index in [1.807, 2.05) is 19.1 Å². The van der Waals surface area contributed by atoms with E-state index in [-0.39, 0.29) is 17.5 Å². The van der Waals surface area contributed by atoms with Gasteiger partial charge >= 0.3 is 5.69 Å². The van der Waals surface area contributed by atoms with Gasteiger partial charge in [-0.3, -0.25) is 9.78 Å². The molecule has 0 bridgehead atoms. The Morgan fingerprint density at radius 1 is 1.25 bits per heavy atom. The maximum atomic E-state index is 13.1. The van der Waals surface area contributed by atoms with Crippen molar-refractivity contribution in [2.75, 3.05) is 13.1 Å². The number of halogens is 1. The second-order valence-corrected chi connectivity index (χ2v) is 7.31. The summed E-state index contributed by atoms with van der Waals surface area (Å²) in [5.74, 6) is 0.923. The highest BCUT2D eigenvalue weighted by molar-refractivity contribution is 6.30. The van der Waals surface area contributed by atoms with Crippen molar-refractivity contribution in [2.45, 2.75) is 25.7 Å². The van der Waals surface area contributed by atoms with Crippen LogP contribution in [0.3, 0.4) is 0 Å². The molecule has 2 aromatic heterocycles. The van der Waals surface area contributed by atoms with Crippen LogP contribution in [-0.4, -0.2) is 49.0 Å². The van der Waals surface area contributed by atoms with Gasteiger partial charge in [-0.05, 0) is 50.1 Å². The molecule has 2 N–H and O–H groups in total. The molecule has 3 aromatic rings. The minimum atomic E-state index is -0.336. The van der Waals surface area contributed by atoms with Gasteiger partial charge in [0.15, 0.2) is 5.82 Å². The summed E-state index contributed by atoms with van der Waals surface area (Å²) in [6.07, 6.45) is 1.70. The monoisotopic (exact) mass is 398 g/mol. The van der Waals surface area contributed by atoms with Crippen molar-refractivity contribution in [3.05, 3.63) is 63.1 Å². The second kappa shape index (κ2) is 7.55. The highest BCUT2D eigenvalue weighted by Crippen LogP contribution is 2.25. The van der Waals surface area contributed by atoms with E-state index in [1.54, 1.807) is 23.1 Å². The second-order valence-electron chi connectivity index (χ2n) is 6.88. The molecule has 28 heavy (non-hydrogen) atoms. The number of piperidine rings is 1. The zero-order valence-corrected chi connectivity index (χ0v) is 16.0. The molecule has 1 amide bonds. The van der Waals surface area contributed by atoms with Crippen molar-refractivity contribution in [3.63, 3.8) is 0 Å². The topological polar surface area (TPSA) is 108 Å². The van der Waals surface area contributed by atoms with Crippen LogP contribution < -0.4 is 5.69 Å². The molecule has 1 atom stereocenters. The Morgan fingerprint density at radius 3 is 2.75 bits per heavy atom. The lowest BCUT2D eigenvalue weighted by Crippen LogP contribution is -2.40. The Labute approximate surface area is 166 Å². The van der Waals surface area contributed by atoms with Gasteiger partial charge in [0.1, 0.15) is 11.5 Å². The average molecular weight is 399 g/mol. The predicted molar refractivity (Wildman–Crippen MR) is 104 cm³/mol. The summed E-state index contributed by atoms with van der Waals surface area (Å²) in [5, 5.41) is 7.03. The predicted octanol–water partition coefficient (Wildman–Crippen LogP) is 2.54. The Hall–Kier alpha value is -3.00. The molecule has 9 heteroatoms. The number of likely N-dealkylation sites (tertiary alicyclic amines) is 1. The molecule has 0 spiro atoms. The lowest BCUT2D eigenvalue weighted by molar-refractivity contribution is 0.0698. The first kappa shape index (κ1) is 18.4. The quantitative estimate of drug-likeness (QED) is 0.704. The van der Waals surface area contributed by atoms with Gasteiger partial charge in [0, 0.05) is 35.3 Å². The van der Waals surface area contributed by atoms with E-state index in [2.05, 4.69) is 25.1 Å². The fraction of sp³-hybridized carbons (Fsp3) is 0.316. The molecule has 1 fully saturated rings. The van der Waals surface area contributed by atoms with Gasteiger partial charge in [-0.25, -0.2) is 19.9 Å². The number of aromatic nitrogens is 5. The number of hydrogen-bond donors (Lipinski definition) is 2. The molecule has 0 aliphatic carbocycles. The van der Waals surface area contributed by atoms with Crippen LogP contribution in [0.2, 0.25) is 5.02 Å². The number of rotatable bonds is 3. The number of carbonyl (C=O) groups excluding carboxylic acids is 1. The lowest BCUT2D eigenvalue weighted by Gasteiger charge is -2.31. The summed E-state index contributed by atoms with van der Waals surface area (Å²) in [6.45, 7) is 2.97. The van der Waals surface area contributed by atoms with E-state index >= 15 is 0 Å². The molecule has 1 aromatic carbocycles. The highest BCUT2D eigenvalue weighted by Gasteiger charge is 2.28. The molecular formula is C19H19ClN6O2. The number of H-pyrrole nitrogens is 2. The summed E-state index contributed by atoms with van der Waals surface area (Å²) in [5.41, 5.74) is 1.53. The minimum Gasteiger partial charge on any atom is -0.337 e. The number of carbonyl (C=O) groups is 1. The standard InChI is InChI=1S/C19H19ClN6O2/c1-11-9-15(22-16(21-11)12-4-6-14(20)7-5-12)18(27)26-8-2-3-13(10-26)17-23-19(28)25-24-17/h4-7,9,13H,2-3,8,10H2,1H3,(H2,23,24,25,28). The smallest absolute Gasteiger partial charge is 0.337 e. The van der Waals surface area contributed by atoms with Gasteiger partial charge in [-0.15, -0.1) is 0 Å². The summed E-state index contributed by atoms with van der Waals surface area (Å²) in [4.78, 5) is 37.8. The van der Waals surface area contributed by atoms with Crippen LogP contribution in [0.1, 0.15) is 40.8 Å². The van der Waals surface area contributed by atoms with Gasteiger partial charge in [-0.2, -0.15) is 5.10 Å². The molecule has 8 nitrogen and oxygen atoms in total. The number of hydrogen-bond acceptors (Lipinski definition) is 5. The van der Waals surface area contributed by atoms with Crippen LogP contribution in [0, 0.1) is 6.92 Å². The van der Waals surface area contributed by atoms with Gasteiger partial charge in [0.25, 0.3) is 5.91 Å². The van der Waals surface area contributed by atoms with E-state index in [0.29, 0.717) is 41.1 Å². The van der Waals surface area contributed by atoms with E-state index in [4.69, 9.17) is 11.6 Å². The van der Waals surface area contributed by atoms with E-state index in [0.717, 1.165) is 18.4 Å². The van der Waals surface area contributed by atoms with Crippen molar-refractivity contribution >= 4 is 17.5 Å². The first-order valence-corrected chi connectivity index (χ1v) is 9.43. The zero-order chi connectivity index (χ0) is 19.7. The molecular weight excluding hydrogens is 380 g/mol. The van der Waals surface area contributed by atoms with E-state index < -0.39 is 0 Å². The number of aryl methyl sites for hydroxylation is 1. The van der Waals surface area contributed by atoms with Gasteiger partial charge in [0.2, 0.25) is 0 Å².